The van der Waals surface area contributed by atoms with Gasteiger partial charge in [0, 0.05) is 24.3 Å². The number of rotatable bonds is 4. The van der Waals surface area contributed by atoms with Gasteiger partial charge in [-0.25, -0.2) is 4.79 Å². The Hall–Kier alpha value is -2.49. The van der Waals surface area contributed by atoms with Crippen molar-refractivity contribution in [2.75, 3.05) is 25.1 Å². The van der Waals surface area contributed by atoms with Crippen molar-refractivity contribution in [1.82, 2.24) is 0 Å². The molecule has 0 unspecified atom stereocenters. The van der Waals surface area contributed by atoms with E-state index >= 15 is 0 Å². The summed E-state index contributed by atoms with van der Waals surface area (Å²) in [5.74, 6) is -0.0817. The van der Waals surface area contributed by atoms with Crippen molar-refractivity contribution in [2.45, 2.75) is 32.6 Å². The lowest BCUT2D eigenvalue weighted by Crippen LogP contribution is -2.25. The number of ether oxygens (including phenoxy) is 1. The van der Waals surface area contributed by atoms with E-state index in [1.165, 1.54) is 25.7 Å². The van der Waals surface area contributed by atoms with Crippen LogP contribution in [0.15, 0.2) is 36.4 Å². The minimum Gasteiger partial charge on any atom is -0.497 e. The van der Waals surface area contributed by atoms with Crippen LogP contribution < -0.4 is 9.64 Å². The second kappa shape index (κ2) is 7.60. The summed E-state index contributed by atoms with van der Waals surface area (Å²) in [5.41, 5.74) is 4.36. The number of carboxylic acid groups (broad SMARTS) is 1. The van der Waals surface area contributed by atoms with E-state index in [0.717, 1.165) is 41.2 Å². The summed E-state index contributed by atoms with van der Waals surface area (Å²) in [6, 6.07) is 11.6. The van der Waals surface area contributed by atoms with Crippen LogP contribution in [0.1, 0.15) is 41.6 Å². The van der Waals surface area contributed by atoms with E-state index in [4.69, 9.17) is 4.74 Å². The highest BCUT2D eigenvalue weighted by Gasteiger charge is 2.20. The lowest BCUT2D eigenvalue weighted by atomic mass is 9.93. The maximum Gasteiger partial charge on any atom is 0.335 e. The lowest BCUT2D eigenvalue weighted by Gasteiger charge is -2.27. The normalized spacial score (nSPS) is 14.9. The fraction of sp³-hybridized carbons (Fsp3) is 0.381. The van der Waals surface area contributed by atoms with E-state index in [9.17, 15) is 9.90 Å². The van der Waals surface area contributed by atoms with E-state index in [1.54, 1.807) is 13.2 Å². The van der Waals surface area contributed by atoms with E-state index in [0.29, 0.717) is 5.56 Å². The molecule has 0 radical (unpaired) electrons. The van der Waals surface area contributed by atoms with Crippen molar-refractivity contribution in [3.63, 3.8) is 0 Å². The number of aromatic carboxylic acids is 1. The Bertz CT molecular complexity index is 744. The van der Waals surface area contributed by atoms with Crippen LogP contribution in [-0.2, 0) is 0 Å². The molecule has 1 aliphatic rings. The third-order valence-corrected chi connectivity index (χ3v) is 5.00. The molecule has 1 heterocycles. The number of anilines is 1. The zero-order chi connectivity index (χ0) is 17.8. The maximum atomic E-state index is 11.6. The molecule has 4 nitrogen and oxygen atoms in total. The van der Waals surface area contributed by atoms with Gasteiger partial charge in [0.25, 0.3) is 0 Å². The topological polar surface area (TPSA) is 49.8 Å². The van der Waals surface area contributed by atoms with E-state index < -0.39 is 5.97 Å². The van der Waals surface area contributed by atoms with Crippen LogP contribution in [0, 0.1) is 6.92 Å². The van der Waals surface area contributed by atoms with Crippen LogP contribution in [0.3, 0.4) is 0 Å². The molecule has 2 aromatic carbocycles. The largest absolute Gasteiger partial charge is 0.497 e. The number of benzene rings is 2. The Morgan fingerprint density at radius 1 is 1.00 bits per heavy atom. The molecule has 1 fully saturated rings. The van der Waals surface area contributed by atoms with Crippen molar-refractivity contribution >= 4 is 11.7 Å². The quantitative estimate of drug-likeness (QED) is 0.873. The zero-order valence-electron chi connectivity index (χ0n) is 14.9. The van der Waals surface area contributed by atoms with Crippen molar-refractivity contribution in [1.29, 1.82) is 0 Å². The van der Waals surface area contributed by atoms with Crippen LogP contribution in [0.2, 0.25) is 0 Å². The smallest absolute Gasteiger partial charge is 0.335 e. The number of methoxy groups -OCH3 is 1. The van der Waals surface area contributed by atoms with Crippen LogP contribution in [0.25, 0.3) is 11.1 Å². The number of hydrogen-bond donors (Lipinski definition) is 1. The second-order valence-corrected chi connectivity index (χ2v) is 6.57. The Kier molecular flexibility index (Phi) is 5.27. The van der Waals surface area contributed by atoms with E-state index in [-0.39, 0.29) is 0 Å². The molecule has 0 aliphatic carbocycles. The number of nitrogens with zero attached hydrogens (tertiary/aromatic N) is 1. The number of carboxylic acids is 1. The zero-order valence-corrected chi connectivity index (χ0v) is 14.9. The van der Waals surface area contributed by atoms with Gasteiger partial charge in [-0.15, -0.1) is 0 Å². The summed E-state index contributed by atoms with van der Waals surface area (Å²) in [7, 11) is 1.65. The molecule has 2 aromatic rings. The van der Waals surface area contributed by atoms with E-state index in [1.807, 2.05) is 37.3 Å². The van der Waals surface area contributed by atoms with E-state index in [2.05, 4.69) is 4.90 Å². The third kappa shape index (κ3) is 3.63. The maximum absolute atomic E-state index is 11.6. The molecule has 0 atom stereocenters. The Balaban J connectivity index is 2.13. The van der Waals surface area contributed by atoms with Gasteiger partial charge in [-0.2, -0.15) is 0 Å². The first-order chi connectivity index (χ1) is 12.1. The molecule has 0 saturated carbocycles. The van der Waals surface area contributed by atoms with Crippen molar-refractivity contribution in [3.8, 4) is 16.9 Å². The van der Waals surface area contributed by atoms with Gasteiger partial charge in [-0.3, -0.25) is 0 Å². The summed E-state index contributed by atoms with van der Waals surface area (Å²) < 4.78 is 5.26. The molecule has 0 amide bonds. The summed E-state index contributed by atoms with van der Waals surface area (Å²) in [6.07, 6.45) is 4.89. The molecule has 0 spiro atoms. The van der Waals surface area contributed by atoms with Crippen molar-refractivity contribution in [3.05, 3.63) is 47.5 Å². The first-order valence-electron chi connectivity index (χ1n) is 8.88. The first-order valence-corrected chi connectivity index (χ1v) is 8.88. The van der Waals surface area contributed by atoms with Gasteiger partial charge in [0.05, 0.1) is 12.7 Å². The Morgan fingerprint density at radius 2 is 1.64 bits per heavy atom. The minimum atomic E-state index is -0.880. The fourth-order valence-electron chi connectivity index (χ4n) is 3.63. The summed E-state index contributed by atoms with van der Waals surface area (Å²) >= 11 is 0. The molecule has 1 aliphatic heterocycles. The average molecular weight is 339 g/mol. The molecule has 4 heteroatoms. The predicted molar refractivity (Wildman–Crippen MR) is 101 cm³/mol. The third-order valence-electron chi connectivity index (χ3n) is 5.00. The minimum absolute atomic E-state index is 0.365. The highest BCUT2D eigenvalue weighted by atomic mass is 16.5. The number of hydrogen-bond acceptors (Lipinski definition) is 3. The van der Waals surface area contributed by atoms with Gasteiger partial charge in [0.1, 0.15) is 5.75 Å². The van der Waals surface area contributed by atoms with Gasteiger partial charge in [-0.05, 0) is 55.2 Å². The molecular weight excluding hydrogens is 314 g/mol. The summed E-state index contributed by atoms with van der Waals surface area (Å²) in [4.78, 5) is 14.0. The predicted octanol–water partition coefficient (Wildman–Crippen LogP) is 4.75. The molecular formula is C21H25NO3. The van der Waals surface area contributed by atoms with Gasteiger partial charge in [-0.1, -0.05) is 25.0 Å². The van der Waals surface area contributed by atoms with Crippen LogP contribution in [0.4, 0.5) is 5.69 Å². The SMILES string of the molecule is COc1ccc(-c2c(N3CCCCCC3)ccc(C(=O)O)c2C)cc1. The van der Waals surface area contributed by atoms with Crippen LogP contribution in [0.5, 0.6) is 5.75 Å². The molecule has 0 bridgehead atoms. The monoisotopic (exact) mass is 339 g/mol. The highest BCUT2D eigenvalue weighted by Crippen LogP contribution is 2.37. The highest BCUT2D eigenvalue weighted by molar-refractivity contribution is 5.95. The second-order valence-electron chi connectivity index (χ2n) is 6.57. The number of carbonyl (C=O) groups is 1. The van der Waals surface area contributed by atoms with Gasteiger partial charge < -0.3 is 14.7 Å². The standard InChI is InChI=1S/C21H25NO3/c1-15-18(21(23)24)11-12-19(22-13-5-3-4-6-14-22)20(15)16-7-9-17(25-2)10-8-16/h7-12H,3-6,13-14H2,1-2H3,(H,23,24). The lowest BCUT2D eigenvalue weighted by molar-refractivity contribution is 0.0696. The van der Waals surface area contributed by atoms with Crippen molar-refractivity contribution in [2.24, 2.45) is 0 Å². The molecule has 0 aromatic heterocycles. The fourth-order valence-corrected chi connectivity index (χ4v) is 3.63. The average Bonchev–Trinajstić information content (AvgIpc) is 2.90. The molecule has 1 N–H and O–H groups in total. The van der Waals surface area contributed by atoms with Crippen molar-refractivity contribution < 1.29 is 14.6 Å². The molecule has 25 heavy (non-hydrogen) atoms. The summed E-state index contributed by atoms with van der Waals surface area (Å²) in [6.45, 7) is 3.95. The molecule has 132 valence electrons. The molecule has 1 saturated heterocycles. The van der Waals surface area contributed by atoms with Crippen LogP contribution in [-0.4, -0.2) is 31.3 Å². The Morgan fingerprint density at radius 3 is 2.20 bits per heavy atom. The molecule has 3 rings (SSSR count). The van der Waals surface area contributed by atoms with Gasteiger partial charge in [0.2, 0.25) is 0 Å². The summed E-state index contributed by atoms with van der Waals surface area (Å²) in [5, 5.41) is 9.53. The van der Waals surface area contributed by atoms with Gasteiger partial charge >= 0.3 is 5.97 Å². The van der Waals surface area contributed by atoms with Gasteiger partial charge in [0.15, 0.2) is 0 Å². The first kappa shape index (κ1) is 17.3. The van der Waals surface area contributed by atoms with Crippen LogP contribution >= 0.6 is 0 Å². The Labute approximate surface area is 149 Å².